The van der Waals surface area contributed by atoms with Crippen molar-refractivity contribution in [2.45, 2.75) is 13.5 Å². The van der Waals surface area contributed by atoms with Gasteiger partial charge in [-0.25, -0.2) is 4.98 Å². The standard InChI is InChI=1S/C17H14BrN3O2/c1-11-3-2-6-19-17(11)20-16(23)9-21-8-12(10-22)14-7-13(18)4-5-15(14)21/h2-8,10H,9H2,1H3,(H,19,20,23). The fraction of sp³-hybridized carbons (Fsp3) is 0.118. The van der Waals surface area contributed by atoms with E-state index in [1.807, 2.05) is 37.3 Å². The minimum Gasteiger partial charge on any atom is -0.337 e. The van der Waals surface area contributed by atoms with E-state index in [2.05, 4.69) is 26.2 Å². The Labute approximate surface area is 141 Å². The lowest BCUT2D eigenvalue weighted by molar-refractivity contribution is -0.116. The van der Waals surface area contributed by atoms with E-state index in [1.54, 1.807) is 17.0 Å². The fourth-order valence-corrected chi connectivity index (χ4v) is 2.83. The van der Waals surface area contributed by atoms with Crippen LogP contribution in [0.15, 0.2) is 47.2 Å². The number of hydrogen-bond donors (Lipinski definition) is 1. The number of aromatic nitrogens is 2. The summed E-state index contributed by atoms with van der Waals surface area (Å²) in [5.74, 6) is 0.358. The van der Waals surface area contributed by atoms with E-state index in [1.165, 1.54) is 0 Å². The lowest BCUT2D eigenvalue weighted by atomic mass is 10.2. The maximum absolute atomic E-state index is 12.3. The van der Waals surface area contributed by atoms with Crippen LogP contribution in [0.2, 0.25) is 0 Å². The fourth-order valence-electron chi connectivity index (χ4n) is 2.46. The predicted octanol–water partition coefficient (Wildman–Crippen LogP) is 3.56. The van der Waals surface area contributed by atoms with E-state index in [0.29, 0.717) is 11.4 Å². The Morgan fingerprint density at radius 2 is 2.22 bits per heavy atom. The first-order valence-corrected chi connectivity index (χ1v) is 7.83. The molecule has 1 N–H and O–H groups in total. The molecule has 0 saturated heterocycles. The highest BCUT2D eigenvalue weighted by Crippen LogP contribution is 2.24. The predicted molar refractivity (Wildman–Crippen MR) is 92.6 cm³/mol. The molecule has 0 aliphatic rings. The van der Waals surface area contributed by atoms with Crippen LogP contribution in [-0.4, -0.2) is 21.7 Å². The summed E-state index contributed by atoms with van der Waals surface area (Å²) >= 11 is 3.40. The lowest BCUT2D eigenvalue weighted by Gasteiger charge is -2.08. The van der Waals surface area contributed by atoms with Gasteiger partial charge in [0.1, 0.15) is 12.4 Å². The third kappa shape index (κ3) is 3.17. The molecule has 2 aromatic heterocycles. The maximum atomic E-state index is 12.3. The van der Waals surface area contributed by atoms with Crippen LogP contribution in [0.3, 0.4) is 0 Å². The van der Waals surface area contributed by atoms with Crippen LogP contribution in [0, 0.1) is 6.92 Å². The summed E-state index contributed by atoms with van der Waals surface area (Å²) in [5.41, 5.74) is 2.29. The second kappa shape index (κ2) is 6.34. The second-order valence-electron chi connectivity index (χ2n) is 5.21. The zero-order valence-electron chi connectivity index (χ0n) is 12.4. The molecule has 1 aromatic carbocycles. The summed E-state index contributed by atoms with van der Waals surface area (Å²) in [6.45, 7) is 2.00. The quantitative estimate of drug-likeness (QED) is 0.713. The largest absolute Gasteiger partial charge is 0.337 e. The van der Waals surface area contributed by atoms with Crippen LogP contribution >= 0.6 is 15.9 Å². The minimum absolute atomic E-state index is 0.113. The molecule has 2 heterocycles. The number of halogens is 1. The van der Waals surface area contributed by atoms with Gasteiger partial charge in [0.05, 0.1) is 0 Å². The number of nitrogens with one attached hydrogen (secondary N) is 1. The third-order valence-corrected chi connectivity index (χ3v) is 4.08. The van der Waals surface area contributed by atoms with Gasteiger partial charge in [0.2, 0.25) is 5.91 Å². The molecule has 1 amide bonds. The molecule has 0 atom stereocenters. The number of pyridine rings is 1. The highest BCUT2D eigenvalue weighted by Gasteiger charge is 2.12. The van der Waals surface area contributed by atoms with Gasteiger partial charge in [-0.3, -0.25) is 9.59 Å². The number of nitrogens with zero attached hydrogens (tertiary/aromatic N) is 2. The summed E-state index contributed by atoms with van der Waals surface area (Å²) in [7, 11) is 0. The van der Waals surface area contributed by atoms with Gasteiger partial charge in [-0.05, 0) is 36.8 Å². The van der Waals surface area contributed by atoms with Crippen molar-refractivity contribution in [1.29, 1.82) is 0 Å². The normalized spacial score (nSPS) is 10.7. The number of rotatable bonds is 4. The molecule has 116 valence electrons. The molecule has 23 heavy (non-hydrogen) atoms. The highest BCUT2D eigenvalue weighted by atomic mass is 79.9. The molecule has 0 bridgehead atoms. The molecule has 3 rings (SSSR count). The molecule has 0 radical (unpaired) electrons. The molecule has 0 aliphatic carbocycles. The molecule has 3 aromatic rings. The summed E-state index contributed by atoms with van der Waals surface area (Å²) in [4.78, 5) is 27.7. The number of carbonyl (C=O) groups excluding carboxylic acids is 2. The van der Waals surface area contributed by atoms with Gasteiger partial charge >= 0.3 is 0 Å². The number of fused-ring (bicyclic) bond motifs is 1. The molecular weight excluding hydrogens is 358 g/mol. The van der Waals surface area contributed by atoms with Crippen LogP contribution in [-0.2, 0) is 11.3 Å². The molecule has 0 spiro atoms. The van der Waals surface area contributed by atoms with Gasteiger partial charge in [0.15, 0.2) is 6.29 Å². The first-order chi connectivity index (χ1) is 11.1. The number of aldehydes is 1. The molecule has 0 unspecified atom stereocenters. The van der Waals surface area contributed by atoms with Gasteiger partial charge in [0.25, 0.3) is 0 Å². The summed E-state index contributed by atoms with van der Waals surface area (Å²) in [6, 6.07) is 9.34. The monoisotopic (exact) mass is 371 g/mol. The van der Waals surface area contributed by atoms with Crippen molar-refractivity contribution in [3.05, 3.63) is 58.3 Å². The van der Waals surface area contributed by atoms with E-state index in [4.69, 9.17) is 0 Å². The van der Waals surface area contributed by atoms with Crippen LogP contribution in [0.1, 0.15) is 15.9 Å². The Hall–Kier alpha value is -2.47. The summed E-state index contributed by atoms with van der Waals surface area (Å²) in [5, 5.41) is 3.61. The van der Waals surface area contributed by atoms with Crippen molar-refractivity contribution in [2.24, 2.45) is 0 Å². The van der Waals surface area contributed by atoms with Crippen LogP contribution in [0.25, 0.3) is 10.9 Å². The van der Waals surface area contributed by atoms with Crippen molar-refractivity contribution in [1.82, 2.24) is 9.55 Å². The number of aryl methyl sites for hydroxylation is 1. The first-order valence-electron chi connectivity index (χ1n) is 7.03. The number of amides is 1. The van der Waals surface area contributed by atoms with E-state index < -0.39 is 0 Å². The highest BCUT2D eigenvalue weighted by molar-refractivity contribution is 9.10. The SMILES string of the molecule is Cc1cccnc1NC(=O)Cn1cc(C=O)c2cc(Br)ccc21. The van der Waals surface area contributed by atoms with E-state index in [9.17, 15) is 9.59 Å². The number of anilines is 1. The zero-order valence-corrected chi connectivity index (χ0v) is 14.0. The Kier molecular flexibility index (Phi) is 4.25. The number of benzene rings is 1. The van der Waals surface area contributed by atoms with Crippen molar-refractivity contribution in [3.8, 4) is 0 Å². The molecular formula is C17H14BrN3O2. The number of hydrogen-bond acceptors (Lipinski definition) is 3. The van der Waals surface area contributed by atoms with E-state index in [-0.39, 0.29) is 12.5 Å². The van der Waals surface area contributed by atoms with Gasteiger partial charge in [-0.2, -0.15) is 0 Å². The molecule has 0 aliphatic heterocycles. The van der Waals surface area contributed by atoms with Gasteiger partial charge in [-0.1, -0.05) is 22.0 Å². The topological polar surface area (TPSA) is 64.0 Å². The molecule has 0 fully saturated rings. The second-order valence-corrected chi connectivity index (χ2v) is 6.12. The zero-order chi connectivity index (χ0) is 16.4. The Balaban J connectivity index is 1.88. The first kappa shape index (κ1) is 15.4. The average molecular weight is 372 g/mol. The Bertz CT molecular complexity index is 902. The van der Waals surface area contributed by atoms with Gasteiger partial charge in [0, 0.05) is 33.3 Å². The smallest absolute Gasteiger partial charge is 0.245 e. The van der Waals surface area contributed by atoms with Crippen LogP contribution in [0.5, 0.6) is 0 Å². The van der Waals surface area contributed by atoms with Crippen molar-refractivity contribution < 1.29 is 9.59 Å². The summed E-state index contributed by atoms with van der Waals surface area (Å²) in [6.07, 6.45) is 4.12. The minimum atomic E-state index is -0.191. The van der Waals surface area contributed by atoms with Crippen molar-refractivity contribution in [3.63, 3.8) is 0 Å². The van der Waals surface area contributed by atoms with Crippen LogP contribution < -0.4 is 5.32 Å². The third-order valence-electron chi connectivity index (χ3n) is 3.58. The van der Waals surface area contributed by atoms with E-state index >= 15 is 0 Å². The van der Waals surface area contributed by atoms with Crippen molar-refractivity contribution >= 4 is 44.8 Å². The van der Waals surface area contributed by atoms with Crippen molar-refractivity contribution in [2.75, 3.05) is 5.32 Å². The molecule has 5 nitrogen and oxygen atoms in total. The summed E-state index contributed by atoms with van der Waals surface area (Å²) < 4.78 is 2.65. The number of carbonyl (C=O) groups is 2. The molecule has 0 saturated carbocycles. The average Bonchev–Trinajstić information content (AvgIpc) is 2.86. The van der Waals surface area contributed by atoms with E-state index in [0.717, 1.165) is 27.2 Å². The molecule has 6 heteroatoms. The lowest BCUT2D eigenvalue weighted by Crippen LogP contribution is -2.19. The van der Waals surface area contributed by atoms with Gasteiger partial charge < -0.3 is 9.88 Å². The van der Waals surface area contributed by atoms with Gasteiger partial charge in [-0.15, -0.1) is 0 Å². The van der Waals surface area contributed by atoms with Crippen LogP contribution in [0.4, 0.5) is 5.82 Å². The Morgan fingerprint density at radius 1 is 1.39 bits per heavy atom. The Morgan fingerprint density at radius 3 is 2.96 bits per heavy atom. The maximum Gasteiger partial charge on any atom is 0.245 e.